The molecule has 1 aliphatic rings. The first-order chi connectivity index (χ1) is 15.6. The maximum atomic E-state index is 13.3. The number of halogens is 3. The molecule has 6 nitrogen and oxygen atoms in total. The van der Waals surface area contributed by atoms with E-state index in [1.807, 2.05) is 13.0 Å². The number of alkyl halides is 3. The zero-order chi connectivity index (χ0) is 23.8. The Morgan fingerprint density at radius 2 is 2.03 bits per heavy atom. The van der Waals surface area contributed by atoms with Crippen LogP contribution in [0.2, 0.25) is 0 Å². The van der Waals surface area contributed by atoms with Crippen LogP contribution in [-0.2, 0) is 16.5 Å². The molecule has 0 aliphatic carbocycles. The van der Waals surface area contributed by atoms with Gasteiger partial charge in [-0.1, -0.05) is 13.0 Å². The molecule has 3 N–H and O–H groups in total. The van der Waals surface area contributed by atoms with Crippen molar-refractivity contribution in [2.24, 2.45) is 5.92 Å². The molecule has 0 spiro atoms. The molecule has 9 heteroatoms. The quantitative estimate of drug-likeness (QED) is 0.579. The van der Waals surface area contributed by atoms with Crippen molar-refractivity contribution in [2.45, 2.75) is 44.5 Å². The van der Waals surface area contributed by atoms with Gasteiger partial charge in [-0.3, -0.25) is 14.8 Å². The van der Waals surface area contributed by atoms with Crippen LogP contribution in [0.3, 0.4) is 0 Å². The van der Waals surface area contributed by atoms with Crippen LogP contribution in [0.15, 0.2) is 48.8 Å². The van der Waals surface area contributed by atoms with Gasteiger partial charge in [0.2, 0.25) is 0 Å². The van der Waals surface area contributed by atoms with Crippen LogP contribution >= 0.6 is 0 Å². The summed E-state index contributed by atoms with van der Waals surface area (Å²) >= 11 is 0. The van der Waals surface area contributed by atoms with E-state index in [-0.39, 0.29) is 23.4 Å². The number of nitrogens with zero attached hydrogens (tertiary/aromatic N) is 2. The summed E-state index contributed by atoms with van der Waals surface area (Å²) in [5.74, 6) is -0.702. The number of aromatic nitrogens is 2. The summed E-state index contributed by atoms with van der Waals surface area (Å²) < 4.78 is 45.3. The molecule has 3 heterocycles. The number of nitrogen functional groups attached to an aromatic ring is 1. The van der Waals surface area contributed by atoms with Gasteiger partial charge in [-0.25, -0.2) is 0 Å². The van der Waals surface area contributed by atoms with Gasteiger partial charge in [0.05, 0.1) is 34.1 Å². The van der Waals surface area contributed by atoms with Crippen molar-refractivity contribution in [3.8, 4) is 0 Å². The number of nitrogens with one attached hydrogen (secondary N) is 1. The highest BCUT2D eigenvalue weighted by molar-refractivity contribution is 5.98. The van der Waals surface area contributed by atoms with E-state index < -0.39 is 23.2 Å². The van der Waals surface area contributed by atoms with Crippen LogP contribution in [0.1, 0.15) is 48.3 Å². The molecule has 4 rings (SSSR count). The van der Waals surface area contributed by atoms with Crippen molar-refractivity contribution >= 4 is 22.5 Å². The Morgan fingerprint density at radius 3 is 2.70 bits per heavy atom. The molecule has 1 fully saturated rings. The third kappa shape index (κ3) is 4.50. The molecule has 33 heavy (non-hydrogen) atoms. The van der Waals surface area contributed by atoms with Crippen molar-refractivity contribution < 1.29 is 22.7 Å². The number of fused-ring (bicyclic) bond motifs is 1. The van der Waals surface area contributed by atoms with Crippen LogP contribution in [0.25, 0.3) is 10.9 Å². The SMILES string of the molecule is CC(C1CCCO1)C(C)(NC(=O)c1ccc2ncccc2c1)c1ncc(C(F)(F)F)cc1N. The number of carbonyl (C=O) groups excluding carboxylic acids is 1. The Morgan fingerprint density at radius 1 is 1.24 bits per heavy atom. The number of carbonyl (C=O) groups is 1. The Kier molecular flexibility index (Phi) is 6.00. The number of benzene rings is 1. The second-order valence-corrected chi connectivity index (χ2v) is 8.57. The fourth-order valence-electron chi connectivity index (χ4n) is 4.35. The highest BCUT2D eigenvalue weighted by Crippen LogP contribution is 2.39. The predicted octanol–water partition coefficient (Wildman–Crippen LogP) is 4.69. The van der Waals surface area contributed by atoms with E-state index in [1.165, 1.54) is 0 Å². The summed E-state index contributed by atoms with van der Waals surface area (Å²) in [5, 5.41) is 3.80. The standard InChI is InChI=1S/C24H25F3N4O2/c1-14(20-6-4-10-33-20)23(2,21-18(28)12-17(13-30-21)24(25,26)27)31-22(32)16-7-8-19-15(11-16)5-3-9-29-19/h3,5,7-9,11-14,20H,4,6,10,28H2,1-2H3,(H,31,32). The van der Waals surface area contributed by atoms with Crippen LogP contribution in [0, 0.1) is 5.92 Å². The highest BCUT2D eigenvalue weighted by Gasteiger charge is 2.44. The number of amides is 1. The second-order valence-electron chi connectivity index (χ2n) is 8.57. The third-order valence-electron chi connectivity index (χ3n) is 6.41. The topological polar surface area (TPSA) is 90.1 Å². The van der Waals surface area contributed by atoms with Crippen molar-refractivity contribution in [1.82, 2.24) is 15.3 Å². The molecule has 174 valence electrons. The molecule has 2 aromatic heterocycles. The van der Waals surface area contributed by atoms with E-state index in [0.29, 0.717) is 12.2 Å². The minimum atomic E-state index is -4.57. The maximum Gasteiger partial charge on any atom is 0.417 e. The average molecular weight is 458 g/mol. The summed E-state index contributed by atoms with van der Waals surface area (Å²) in [6, 6.07) is 9.61. The third-order valence-corrected chi connectivity index (χ3v) is 6.41. The van der Waals surface area contributed by atoms with Crippen LogP contribution < -0.4 is 11.1 Å². The lowest BCUT2D eigenvalue weighted by atomic mass is 9.78. The number of anilines is 1. The molecule has 3 unspecified atom stereocenters. The number of ether oxygens (including phenoxy) is 1. The number of hydrogen-bond acceptors (Lipinski definition) is 5. The van der Waals surface area contributed by atoms with E-state index in [1.54, 1.807) is 37.4 Å². The summed E-state index contributed by atoms with van der Waals surface area (Å²) in [6.45, 7) is 4.21. The zero-order valence-corrected chi connectivity index (χ0v) is 18.3. The first-order valence-electron chi connectivity index (χ1n) is 10.7. The molecule has 3 aromatic rings. The zero-order valence-electron chi connectivity index (χ0n) is 18.3. The van der Waals surface area contributed by atoms with Crippen molar-refractivity contribution in [3.05, 3.63) is 65.6 Å². The van der Waals surface area contributed by atoms with Gasteiger partial charge in [0.1, 0.15) is 0 Å². The molecule has 0 bridgehead atoms. The van der Waals surface area contributed by atoms with E-state index in [9.17, 15) is 18.0 Å². The molecular formula is C24H25F3N4O2. The molecule has 1 aromatic carbocycles. The Hall–Kier alpha value is -3.20. The van der Waals surface area contributed by atoms with Crippen molar-refractivity contribution in [3.63, 3.8) is 0 Å². The molecular weight excluding hydrogens is 433 g/mol. The van der Waals surface area contributed by atoms with Crippen molar-refractivity contribution in [1.29, 1.82) is 0 Å². The first kappa shape index (κ1) is 23.0. The van der Waals surface area contributed by atoms with Gasteiger partial charge in [-0.2, -0.15) is 13.2 Å². The van der Waals surface area contributed by atoms with E-state index in [2.05, 4.69) is 15.3 Å². The van der Waals surface area contributed by atoms with E-state index in [4.69, 9.17) is 10.5 Å². The molecule has 1 amide bonds. The Labute approximate surface area is 189 Å². The molecule has 0 saturated carbocycles. The van der Waals surface area contributed by atoms with Gasteiger partial charge < -0.3 is 15.8 Å². The lowest BCUT2D eigenvalue weighted by Crippen LogP contribution is -2.52. The minimum absolute atomic E-state index is 0.139. The number of pyridine rings is 2. The fraction of sp³-hybridized carbons (Fsp3) is 0.375. The van der Waals surface area contributed by atoms with E-state index >= 15 is 0 Å². The molecule has 3 atom stereocenters. The van der Waals surface area contributed by atoms with E-state index in [0.717, 1.165) is 36.0 Å². The number of rotatable bonds is 5. The van der Waals surface area contributed by atoms with Gasteiger partial charge in [-0.05, 0) is 50.1 Å². The van der Waals surface area contributed by atoms with Crippen LogP contribution in [0.4, 0.5) is 18.9 Å². The molecule has 1 saturated heterocycles. The first-order valence-corrected chi connectivity index (χ1v) is 10.7. The summed E-state index contributed by atoms with van der Waals surface area (Å²) in [5.41, 5.74) is 5.13. The number of hydrogen-bond donors (Lipinski definition) is 2. The average Bonchev–Trinajstić information content (AvgIpc) is 3.32. The van der Waals surface area contributed by atoms with Crippen LogP contribution in [0.5, 0.6) is 0 Å². The predicted molar refractivity (Wildman–Crippen MR) is 118 cm³/mol. The lowest BCUT2D eigenvalue weighted by molar-refractivity contribution is -0.137. The largest absolute Gasteiger partial charge is 0.417 e. The maximum absolute atomic E-state index is 13.3. The molecule has 0 radical (unpaired) electrons. The minimum Gasteiger partial charge on any atom is -0.397 e. The normalized spacial score (nSPS) is 19.2. The summed E-state index contributed by atoms with van der Waals surface area (Å²) in [4.78, 5) is 21.7. The number of nitrogens with two attached hydrogens (primary N) is 1. The summed E-state index contributed by atoms with van der Waals surface area (Å²) in [6.07, 6.45) is -0.707. The highest BCUT2D eigenvalue weighted by atomic mass is 19.4. The smallest absolute Gasteiger partial charge is 0.397 e. The monoisotopic (exact) mass is 458 g/mol. The van der Waals surface area contributed by atoms with Crippen molar-refractivity contribution in [2.75, 3.05) is 12.3 Å². The van der Waals surface area contributed by atoms with Gasteiger partial charge in [0.15, 0.2) is 0 Å². The van der Waals surface area contributed by atoms with Gasteiger partial charge in [0.25, 0.3) is 5.91 Å². The van der Waals surface area contributed by atoms with Gasteiger partial charge in [0, 0.05) is 35.9 Å². The van der Waals surface area contributed by atoms with Gasteiger partial charge >= 0.3 is 6.18 Å². The molecule has 1 aliphatic heterocycles. The van der Waals surface area contributed by atoms with Gasteiger partial charge in [-0.15, -0.1) is 0 Å². The fourth-order valence-corrected chi connectivity index (χ4v) is 4.35. The Balaban J connectivity index is 1.73. The van der Waals surface area contributed by atoms with Crippen LogP contribution in [-0.4, -0.2) is 28.6 Å². The second kappa shape index (κ2) is 8.62. The lowest BCUT2D eigenvalue weighted by Gasteiger charge is -2.39. The Bertz CT molecular complexity index is 1180. The summed E-state index contributed by atoms with van der Waals surface area (Å²) in [7, 11) is 0.